The number of aliphatic hydroxyl groups excluding tert-OH is 1. The first-order valence-corrected chi connectivity index (χ1v) is 11.2. The number of piperidine rings is 1. The van der Waals surface area contributed by atoms with Crippen molar-refractivity contribution >= 4 is 40.1 Å². The smallest absolute Gasteiger partial charge is 0.229 e. The predicted octanol–water partition coefficient (Wildman–Crippen LogP) is 1.82. The fourth-order valence-electron chi connectivity index (χ4n) is 2.69. The Labute approximate surface area is 158 Å². The minimum Gasteiger partial charge on any atom is -0.548 e. The van der Waals surface area contributed by atoms with Crippen molar-refractivity contribution < 1.29 is 9.66 Å². The maximum absolute atomic E-state index is 11.1. The van der Waals surface area contributed by atoms with E-state index in [0.717, 1.165) is 6.54 Å². The van der Waals surface area contributed by atoms with Gasteiger partial charge in [-0.2, -0.15) is 0 Å². The minimum absolute atomic E-state index is 0.124. The van der Waals surface area contributed by atoms with Crippen molar-refractivity contribution in [2.45, 2.75) is 36.1 Å². The van der Waals surface area contributed by atoms with Crippen LogP contribution in [-0.4, -0.2) is 54.8 Å². The fraction of sp³-hybridized carbons (Fsp3) is 0.600. The SMILES string of the molecule is Nc1n[s+]([O-])[nH]c1=NCC(O)CSc1ccc(CN2CCCCC2)s1. The summed E-state index contributed by atoms with van der Waals surface area (Å²) in [5, 5.41) is 10.1. The quantitative estimate of drug-likeness (QED) is 0.482. The third-order valence-electron chi connectivity index (χ3n) is 3.95. The van der Waals surface area contributed by atoms with Crippen LogP contribution >= 0.6 is 34.2 Å². The van der Waals surface area contributed by atoms with Gasteiger partial charge in [-0.25, -0.2) is 0 Å². The van der Waals surface area contributed by atoms with Gasteiger partial charge in [-0.05, 0) is 38.1 Å². The van der Waals surface area contributed by atoms with E-state index in [0.29, 0.717) is 11.2 Å². The molecule has 7 nitrogen and oxygen atoms in total. The minimum atomic E-state index is -1.54. The lowest BCUT2D eigenvalue weighted by atomic mass is 10.1. The zero-order chi connectivity index (χ0) is 17.6. The molecule has 2 aromatic heterocycles. The van der Waals surface area contributed by atoms with E-state index in [2.05, 4.69) is 30.8 Å². The zero-order valence-electron chi connectivity index (χ0n) is 13.9. The molecule has 1 aliphatic rings. The number of nitrogens with two attached hydrogens (primary N) is 1. The monoisotopic (exact) mass is 401 g/mol. The van der Waals surface area contributed by atoms with Crippen LogP contribution in [0.15, 0.2) is 21.3 Å². The van der Waals surface area contributed by atoms with E-state index in [9.17, 15) is 9.66 Å². The Morgan fingerprint density at radius 2 is 2.24 bits per heavy atom. The highest BCUT2D eigenvalue weighted by molar-refractivity contribution is 8.01. The largest absolute Gasteiger partial charge is 0.548 e. The number of thiophene rings is 1. The van der Waals surface area contributed by atoms with Crippen molar-refractivity contribution in [2.75, 3.05) is 31.1 Å². The second kappa shape index (κ2) is 9.15. The number of aliphatic hydroxyl groups is 1. The number of hydrogen-bond donors (Lipinski definition) is 3. The molecule has 0 spiro atoms. The summed E-state index contributed by atoms with van der Waals surface area (Å²) < 4.78 is 18.5. The number of nitrogens with zero attached hydrogens (tertiary/aromatic N) is 3. The van der Waals surface area contributed by atoms with Crippen molar-refractivity contribution in [3.8, 4) is 0 Å². The molecule has 3 rings (SSSR count). The molecule has 0 amide bonds. The molecule has 0 radical (unpaired) electrons. The van der Waals surface area contributed by atoms with E-state index in [1.54, 1.807) is 23.1 Å². The molecule has 3 heterocycles. The molecule has 0 aromatic carbocycles. The van der Waals surface area contributed by atoms with Crippen LogP contribution in [0.25, 0.3) is 0 Å². The Morgan fingerprint density at radius 3 is 2.96 bits per heavy atom. The summed E-state index contributed by atoms with van der Waals surface area (Å²) in [7, 11) is 0. The zero-order valence-corrected chi connectivity index (χ0v) is 16.3. The first kappa shape index (κ1) is 18.9. The van der Waals surface area contributed by atoms with Crippen molar-refractivity contribution in [3.63, 3.8) is 0 Å². The molecular formula is C15H23N5O2S3. The van der Waals surface area contributed by atoms with E-state index in [4.69, 9.17) is 5.73 Å². The van der Waals surface area contributed by atoms with Gasteiger partial charge in [0.2, 0.25) is 11.3 Å². The number of thioether (sulfide) groups is 1. The molecule has 0 bridgehead atoms. The molecular weight excluding hydrogens is 378 g/mol. The number of aromatic amines is 1. The Kier molecular flexibility index (Phi) is 6.91. The number of H-pyrrole nitrogens is 1. The number of hydrogen-bond acceptors (Lipinski definition) is 8. The number of rotatable bonds is 7. The van der Waals surface area contributed by atoms with Gasteiger partial charge in [-0.1, -0.05) is 6.42 Å². The first-order chi connectivity index (χ1) is 12.1. The number of anilines is 1. The van der Waals surface area contributed by atoms with Crippen molar-refractivity contribution in [3.05, 3.63) is 22.5 Å². The molecule has 0 aliphatic carbocycles. The maximum Gasteiger partial charge on any atom is 0.229 e. The van der Waals surface area contributed by atoms with E-state index in [1.807, 2.05) is 0 Å². The Bertz CT molecular complexity index is 736. The summed E-state index contributed by atoms with van der Waals surface area (Å²) in [6, 6.07) is 4.31. The molecule has 25 heavy (non-hydrogen) atoms. The van der Waals surface area contributed by atoms with Crippen molar-refractivity contribution in [1.82, 2.24) is 13.6 Å². The Balaban J connectivity index is 1.45. The molecule has 2 aromatic rings. The highest BCUT2D eigenvalue weighted by atomic mass is 32.2. The van der Waals surface area contributed by atoms with Crippen molar-refractivity contribution in [2.24, 2.45) is 4.99 Å². The van der Waals surface area contributed by atoms with Crippen LogP contribution in [0.1, 0.15) is 24.1 Å². The predicted molar refractivity (Wildman–Crippen MR) is 102 cm³/mol. The van der Waals surface area contributed by atoms with Gasteiger partial charge in [-0.15, -0.1) is 27.5 Å². The highest BCUT2D eigenvalue weighted by Gasteiger charge is 2.12. The third kappa shape index (κ3) is 5.80. The van der Waals surface area contributed by atoms with Gasteiger partial charge in [0.15, 0.2) is 11.1 Å². The summed E-state index contributed by atoms with van der Waals surface area (Å²) >= 11 is 1.89. The van der Waals surface area contributed by atoms with Gasteiger partial charge in [0.1, 0.15) is 0 Å². The molecule has 10 heteroatoms. The Morgan fingerprint density at radius 1 is 1.44 bits per heavy atom. The van der Waals surface area contributed by atoms with Crippen LogP contribution in [-0.2, 0) is 6.54 Å². The second-order valence-electron chi connectivity index (χ2n) is 6.04. The summed E-state index contributed by atoms with van der Waals surface area (Å²) in [4.78, 5) is 8.03. The van der Waals surface area contributed by atoms with Gasteiger partial charge in [0.05, 0.1) is 16.9 Å². The molecule has 138 valence electrons. The lowest BCUT2D eigenvalue weighted by Gasteiger charge is -2.25. The lowest BCUT2D eigenvalue weighted by Crippen LogP contribution is -2.28. The third-order valence-corrected chi connectivity index (χ3v) is 7.12. The maximum atomic E-state index is 11.1. The molecule has 4 N–H and O–H groups in total. The number of aromatic nitrogens is 2. The van der Waals surface area contributed by atoms with E-state index in [1.165, 1.54) is 41.4 Å². The van der Waals surface area contributed by atoms with Crippen LogP contribution in [0.5, 0.6) is 0 Å². The molecule has 1 fully saturated rings. The summed E-state index contributed by atoms with van der Waals surface area (Å²) in [5.41, 5.74) is 5.87. The van der Waals surface area contributed by atoms with E-state index >= 15 is 0 Å². The highest BCUT2D eigenvalue weighted by Crippen LogP contribution is 2.29. The fourth-order valence-corrected chi connectivity index (χ4v) is 5.50. The van der Waals surface area contributed by atoms with Crippen LogP contribution in [0.2, 0.25) is 0 Å². The van der Waals surface area contributed by atoms with Gasteiger partial charge in [0, 0.05) is 21.5 Å². The van der Waals surface area contributed by atoms with Gasteiger partial charge >= 0.3 is 0 Å². The number of likely N-dealkylation sites (tertiary alicyclic amines) is 1. The van der Waals surface area contributed by atoms with E-state index < -0.39 is 17.2 Å². The first-order valence-electron chi connectivity index (χ1n) is 8.29. The summed E-state index contributed by atoms with van der Waals surface area (Å²) in [6.45, 7) is 3.63. The summed E-state index contributed by atoms with van der Waals surface area (Å²) in [5.74, 6) is 0.680. The van der Waals surface area contributed by atoms with Gasteiger partial charge in [-0.3, -0.25) is 9.89 Å². The Hall–Kier alpha value is -0.910. The van der Waals surface area contributed by atoms with Gasteiger partial charge in [0.25, 0.3) is 0 Å². The topological polar surface area (TPSA) is 114 Å². The van der Waals surface area contributed by atoms with Crippen LogP contribution in [0.4, 0.5) is 5.82 Å². The second-order valence-corrected chi connectivity index (χ2v) is 9.41. The number of nitrogens with one attached hydrogen (secondary N) is 1. The standard InChI is InChI=1S/C15H23N5O2S3/c16-14-15(19-25(22)18-14)17-8-11(21)10-23-13-5-4-12(24-13)9-20-6-2-1-3-7-20/h4-5,11,21H,1-3,6-10H2,(H2,16,18)(H,17,19). The van der Waals surface area contributed by atoms with E-state index in [-0.39, 0.29) is 12.4 Å². The molecule has 0 saturated carbocycles. The molecule has 1 aliphatic heterocycles. The normalized spacial score (nSPS) is 18.6. The van der Waals surface area contributed by atoms with Crippen LogP contribution < -0.4 is 11.2 Å². The molecule has 2 atom stereocenters. The molecule has 2 unspecified atom stereocenters. The summed E-state index contributed by atoms with van der Waals surface area (Å²) in [6.07, 6.45) is 3.37. The molecule has 1 saturated heterocycles. The van der Waals surface area contributed by atoms with Crippen LogP contribution in [0, 0.1) is 0 Å². The average Bonchev–Trinajstić information content (AvgIpc) is 3.17. The van der Waals surface area contributed by atoms with Crippen molar-refractivity contribution in [1.29, 1.82) is 0 Å². The average molecular weight is 402 g/mol. The number of nitrogen functional groups attached to an aromatic ring is 1. The van der Waals surface area contributed by atoms with Crippen LogP contribution in [0.3, 0.4) is 0 Å². The lowest BCUT2D eigenvalue weighted by molar-refractivity contribution is 0.207. The van der Waals surface area contributed by atoms with Gasteiger partial charge < -0.3 is 15.4 Å².